The summed E-state index contributed by atoms with van der Waals surface area (Å²) in [5.41, 5.74) is -0.498. The molecular formula is C15H21NO6S. The van der Waals surface area contributed by atoms with Crippen LogP contribution in [-0.4, -0.2) is 43.8 Å². The van der Waals surface area contributed by atoms with Gasteiger partial charge in [-0.1, -0.05) is 12.1 Å². The van der Waals surface area contributed by atoms with Gasteiger partial charge in [0.1, 0.15) is 11.7 Å². The molecule has 0 heterocycles. The largest absolute Gasteiger partial charge is 0.458 e. The molecule has 0 aliphatic carbocycles. The predicted molar refractivity (Wildman–Crippen MR) is 83.3 cm³/mol. The molecule has 2 N–H and O–H groups in total. The van der Waals surface area contributed by atoms with Crippen molar-refractivity contribution < 1.29 is 27.9 Å². The van der Waals surface area contributed by atoms with Crippen molar-refractivity contribution in [3.8, 4) is 0 Å². The van der Waals surface area contributed by atoms with E-state index in [2.05, 4.69) is 5.32 Å². The Balaban J connectivity index is 3.04. The van der Waals surface area contributed by atoms with Gasteiger partial charge in [-0.05, 0) is 38.5 Å². The van der Waals surface area contributed by atoms with E-state index in [-0.39, 0.29) is 10.5 Å². The average molecular weight is 343 g/mol. The molecule has 8 heteroatoms. The maximum Gasteiger partial charge on any atom is 0.332 e. The molecule has 0 aromatic heterocycles. The van der Waals surface area contributed by atoms with Crippen molar-refractivity contribution in [1.82, 2.24) is 5.32 Å². The third kappa shape index (κ3) is 5.65. The predicted octanol–water partition coefficient (Wildman–Crippen LogP) is 0.580. The number of ether oxygens (including phenoxy) is 1. The first-order valence-electron chi connectivity index (χ1n) is 6.86. The van der Waals surface area contributed by atoms with Gasteiger partial charge in [0.15, 0.2) is 15.9 Å². The summed E-state index contributed by atoms with van der Waals surface area (Å²) in [6.07, 6.45) is -0.0119. The summed E-state index contributed by atoms with van der Waals surface area (Å²) < 4.78 is 28.0. The summed E-state index contributed by atoms with van der Waals surface area (Å²) >= 11 is 0. The van der Waals surface area contributed by atoms with Gasteiger partial charge in [0, 0.05) is 6.26 Å². The first-order chi connectivity index (χ1) is 10.5. The van der Waals surface area contributed by atoms with Crippen LogP contribution in [0.5, 0.6) is 0 Å². The first-order valence-corrected chi connectivity index (χ1v) is 8.75. The highest BCUT2D eigenvalue weighted by molar-refractivity contribution is 7.90. The Kier molecular flexibility index (Phi) is 5.90. The molecule has 0 saturated heterocycles. The number of benzene rings is 1. The molecule has 1 amide bonds. The topological polar surface area (TPSA) is 110 Å². The molecule has 0 fully saturated rings. The molecule has 2 atom stereocenters. The molecule has 0 aliphatic rings. The van der Waals surface area contributed by atoms with Crippen LogP contribution in [0.2, 0.25) is 0 Å². The molecule has 1 aromatic carbocycles. The zero-order valence-electron chi connectivity index (χ0n) is 13.4. The number of carbonyl (C=O) groups excluding carboxylic acids is 2. The summed E-state index contributed by atoms with van der Waals surface area (Å²) in [5.74, 6) is -0.788. The van der Waals surface area contributed by atoms with E-state index < -0.39 is 33.6 Å². The summed E-state index contributed by atoms with van der Waals surface area (Å²) in [7, 11) is -3.36. The van der Waals surface area contributed by atoms with Gasteiger partial charge in [-0.25, -0.2) is 13.2 Å². The van der Waals surface area contributed by atoms with Crippen LogP contribution in [0.1, 0.15) is 32.4 Å². The van der Waals surface area contributed by atoms with E-state index in [1.165, 1.54) is 24.3 Å². The van der Waals surface area contributed by atoms with Crippen molar-refractivity contribution in [3.63, 3.8) is 0 Å². The third-order valence-corrected chi connectivity index (χ3v) is 4.00. The summed E-state index contributed by atoms with van der Waals surface area (Å²) in [5, 5.41) is 12.5. The molecule has 0 aliphatic heterocycles. The lowest BCUT2D eigenvalue weighted by Gasteiger charge is -2.26. The van der Waals surface area contributed by atoms with Gasteiger partial charge in [0.05, 0.1) is 4.90 Å². The number of carbonyl (C=O) groups is 2. The Morgan fingerprint density at radius 1 is 1.26 bits per heavy atom. The van der Waals surface area contributed by atoms with Gasteiger partial charge >= 0.3 is 5.97 Å². The second-order valence-electron chi connectivity index (χ2n) is 6.08. The molecule has 0 saturated carbocycles. The molecule has 7 nitrogen and oxygen atoms in total. The number of nitrogens with one attached hydrogen (secondary N) is 1. The average Bonchev–Trinajstić information content (AvgIpc) is 2.41. The highest BCUT2D eigenvalue weighted by Gasteiger charge is 2.32. The Morgan fingerprint density at radius 2 is 1.78 bits per heavy atom. The Hall–Kier alpha value is -1.93. The molecule has 0 unspecified atom stereocenters. The molecule has 0 spiro atoms. The van der Waals surface area contributed by atoms with Crippen LogP contribution in [-0.2, 0) is 24.2 Å². The fourth-order valence-electron chi connectivity index (χ4n) is 1.83. The van der Waals surface area contributed by atoms with Gasteiger partial charge in [0.25, 0.3) is 0 Å². The number of esters is 1. The van der Waals surface area contributed by atoms with E-state index in [1.54, 1.807) is 20.8 Å². The van der Waals surface area contributed by atoms with Crippen molar-refractivity contribution >= 4 is 22.2 Å². The van der Waals surface area contributed by atoms with Crippen molar-refractivity contribution in [2.24, 2.45) is 0 Å². The standard InChI is InChI=1S/C15H21NO6S/c1-15(2,3)22-14(19)12(16-9-17)13(18)10-5-7-11(8-6-10)23(4,20)21/h5-9,12-13,18H,1-4H3,(H,16,17)/t12-,13+/m0/s1. The van der Waals surface area contributed by atoms with Crippen molar-refractivity contribution in [1.29, 1.82) is 0 Å². The van der Waals surface area contributed by atoms with Crippen molar-refractivity contribution in [3.05, 3.63) is 29.8 Å². The molecule has 0 bridgehead atoms. The Morgan fingerprint density at radius 3 is 2.17 bits per heavy atom. The van der Waals surface area contributed by atoms with Crippen LogP contribution < -0.4 is 5.32 Å². The zero-order valence-corrected chi connectivity index (χ0v) is 14.3. The van der Waals surface area contributed by atoms with E-state index >= 15 is 0 Å². The fourth-order valence-corrected chi connectivity index (χ4v) is 2.46. The second-order valence-corrected chi connectivity index (χ2v) is 8.10. The van der Waals surface area contributed by atoms with Gasteiger partial charge in [-0.2, -0.15) is 0 Å². The van der Waals surface area contributed by atoms with E-state index in [4.69, 9.17) is 4.74 Å². The normalized spacial score (nSPS) is 14.7. The van der Waals surface area contributed by atoms with Crippen LogP contribution >= 0.6 is 0 Å². The third-order valence-electron chi connectivity index (χ3n) is 2.87. The molecule has 1 rings (SSSR count). The minimum Gasteiger partial charge on any atom is -0.458 e. The van der Waals surface area contributed by atoms with E-state index in [1.807, 2.05) is 0 Å². The van der Waals surface area contributed by atoms with Crippen LogP contribution in [0.3, 0.4) is 0 Å². The minimum absolute atomic E-state index is 0.0885. The first kappa shape index (κ1) is 19.1. The zero-order chi connectivity index (χ0) is 17.8. The monoisotopic (exact) mass is 343 g/mol. The van der Waals surface area contributed by atoms with Crippen molar-refractivity contribution in [2.75, 3.05) is 6.26 Å². The number of rotatable bonds is 6. The van der Waals surface area contributed by atoms with E-state index in [0.717, 1.165) is 6.26 Å². The number of aliphatic hydroxyl groups excluding tert-OH is 1. The maximum atomic E-state index is 12.1. The van der Waals surface area contributed by atoms with Crippen LogP contribution in [0.25, 0.3) is 0 Å². The lowest BCUT2D eigenvalue weighted by atomic mass is 10.0. The second kappa shape index (κ2) is 7.10. The molecule has 0 radical (unpaired) electrons. The fraction of sp³-hybridized carbons (Fsp3) is 0.467. The minimum atomic E-state index is -3.36. The summed E-state index contributed by atoms with van der Waals surface area (Å²) in [6, 6.07) is 4.10. The smallest absolute Gasteiger partial charge is 0.332 e. The summed E-state index contributed by atoms with van der Waals surface area (Å²) in [4.78, 5) is 22.9. The highest BCUT2D eigenvalue weighted by atomic mass is 32.2. The van der Waals surface area contributed by atoms with Crippen LogP contribution in [0.4, 0.5) is 0 Å². The number of sulfone groups is 1. The molecule has 23 heavy (non-hydrogen) atoms. The number of aliphatic hydroxyl groups is 1. The summed E-state index contributed by atoms with van der Waals surface area (Å²) in [6.45, 7) is 4.99. The lowest BCUT2D eigenvalue weighted by molar-refractivity contribution is -0.161. The van der Waals surface area contributed by atoms with Gasteiger partial charge in [-0.3, -0.25) is 4.79 Å². The van der Waals surface area contributed by atoms with E-state index in [9.17, 15) is 23.1 Å². The molecule has 128 valence electrons. The highest BCUT2D eigenvalue weighted by Crippen LogP contribution is 2.21. The van der Waals surface area contributed by atoms with Crippen molar-refractivity contribution in [2.45, 2.75) is 43.4 Å². The Bertz CT molecular complexity index is 660. The number of hydrogen-bond donors (Lipinski definition) is 2. The van der Waals surface area contributed by atoms with Crippen LogP contribution in [0, 0.1) is 0 Å². The molecule has 1 aromatic rings. The maximum absolute atomic E-state index is 12.1. The van der Waals surface area contributed by atoms with Gasteiger partial charge < -0.3 is 15.2 Å². The van der Waals surface area contributed by atoms with Gasteiger partial charge in [-0.15, -0.1) is 0 Å². The van der Waals surface area contributed by atoms with Gasteiger partial charge in [0.2, 0.25) is 6.41 Å². The van der Waals surface area contributed by atoms with E-state index in [0.29, 0.717) is 6.41 Å². The van der Waals surface area contributed by atoms with Crippen LogP contribution in [0.15, 0.2) is 29.2 Å². The Labute approximate surface area is 135 Å². The number of hydrogen-bond acceptors (Lipinski definition) is 6. The lowest BCUT2D eigenvalue weighted by Crippen LogP contribution is -2.44. The molecular weight excluding hydrogens is 322 g/mol. The SMILES string of the molecule is CC(C)(C)OC(=O)[C@@H](NC=O)[C@H](O)c1ccc(S(C)(=O)=O)cc1. The number of amides is 1. The quantitative estimate of drug-likeness (QED) is 0.577.